The molecule has 25 heavy (non-hydrogen) atoms. The van der Waals surface area contributed by atoms with Crippen LogP contribution in [0.3, 0.4) is 0 Å². The van der Waals surface area contributed by atoms with Crippen molar-refractivity contribution in [3.63, 3.8) is 0 Å². The molecule has 2 aromatic rings. The van der Waals surface area contributed by atoms with Gasteiger partial charge in [-0.2, -0.15) is 0 Å². The van der Waals surface area contributed by atoms with Crippen molar-refractivity contribution in [2.45, 2.75) is 31.7 Å². The fraction of sp³-hybridized carbons (Fsp3) is 0.333. The fourth-order valence-electron chi connectivity index (χ4n) is 3.78. The highest BCUT2D eigenvalue weighted by Gasteiger charge is 2.42. The third-order valence-electron chi connectivity index (χ3n) is 5.01. The highest BCUT2D eigenvalue weighted by Crippen LogP contribution is 2.34. The molecule has 2 N–H and O–H groups in total. The van der Waals surface area contributed by atoms with E-state index in [0.717, 1.165) is 17.5 Å². The number of carbonyl (C=O) groups excluding carboxylic acids is 2. The van der Waals surface area contributed by atoms with Gasteiger partial charge in [-0.3, -0.25) is 9.59 Å². The molecular weight excluding hydrogens is 312 g/mol. The normalized spacial score (nSPS) is 21.1. The lowest BCUT2D eigenvalue weighted by atomic mass is 9.91. The van der Waals surface area contributed by atoms with Crippen molar-refractivity contribution in [2.24, 2.45) is 11.7 Å². The molecule has 0 aliphatic carbocycles. The zero-order chi connectivity index (χ0) is 17.8. The van der Waals surface area contributed by atoms with E-state index in [9.17, 15) is 9.59 Å². The van der Waals surface area contributed by atoms with Gasteiger partial charge in [-0.25, -0.2) is 0 Å². The van der Waals surface area contributed by atoms with Crippen molar-refractivity contribution in [3.8, 4) is 0 Å². The second-order valence-corrected chi connectivity index (χ2v) is 6.78. The average molecular weight is 336 g/mol. The molecule has 1 aliphatic rings. The van der Waals surface area contributed by atoms with E-state index in [2.05, 4.69) is 0 Å². The SMILES string of the molecule is CC(Cc1ccccc1)C(=O)N1CCC(c2ccccc2)C1C(N)=O. The molecule has 4 nitrogen and oxygen atoms in total. The predicted octanol–water partition coefficient (Wildman–Crippen LogP) is 2.74. The molecule has 4 heteroatoms. The van der Waals surface area contributed by atoms with Gasteiger partial charge in [-0.05, 0) is 24.0 Å². The quantitative estimate of drug-likeness (QED) is 0.912. The van der Waals surface area contributed by atoms with E-state index in [4.69, 9.17) is 5.73 Å². The number of hydrogen-bond donors (Lipinski definition) is 1. The van der Waals surface area contributed by atoms with Crippen molar-refractivity contribution in [1.82, 2.24) is 4.90 Å². The van der Waals surface area contributed by atoms with Crippen LogP contribution in [0, 0.1) is 5.92 Å². The number of amides is 2. The summed E-state index contributed by atoms with van der Waals surface area (Å²) in [6.45, 7) is 2.49. The van der Waals surface area contributed by atoms with Gasteiger partial charge in [0.2, 0.25) is 11.8 Å². The van der Waals surface area contributed by atoms with Gasteiger partial charge in [0.25, 0.3) is 0 Å². The maximum atomic E-state index is 13.0. The first-order valence-electron chi connectivity index (χ1n) is 8.76. The van der Waals surface area contributed by atoms with Gasteiger partial charge in [0, 0.05) is 18.4 Å². The molecular formula is C21H24N2O2. The van der Waals surface area contributed by atoms with E-state index in [-0.39, 0.29) is 17.7 Å². The number of nitrogens with two attached hydrogens (primary N) is 1. The monoisotopic (exact) mass is 336 g/mol. The first kappa shape index (κ1) is 17.2. The average Bonchev–Trinajstić information content (AvgIpc) is 3.08. The summed E-state index contributed by atoms with van der Waals surface area (Å²) >= 11 is 0. The number of rotatable bonds is 5. The van der Waals surface area contributed by atoms with Crippen LogP contribution in [0.4, 0.5) is 0 Å². The van der Waals surface area contributed by atoms with E-state index < -0.39 is 11.9 Å². The molecule has 1 saturated heterocycles. The second kappa shape index (κ2) is 7.51. The van der Waals surface area contributed by atoms with Crippen LogP contribution in [0.1, 0.15) is 30.4 Å². The van der Waals surface area contributed by atoms with Gasteiger partial charge in [-0.1, -0.05) is 67.6 Å². The van der Waals surface area contributed by atoms with Gasteiger partial charge < -0.3 is 10.6 Å². The first-order valence-corrected chi connectivity index (χ1v) is 8.76. The summed E-state index contributed by atoms with van der Waals surface area (Å²) in [6, 6.07) is 19.2. The van der Waals surface area contributed by atoms with E-state index in [1.54, 1.807) is 4.90 Å². The summed E-state index contributed by atoms with van der Waals surface area (Å²) in [5.41, 5.74) is 7.86. The summed E-state index contributed by atoms with van der Waals surface area (Å²) in [6.07, 6.45) is 1.43. The molecule has 2 aromatic carbocycles. The van der Waals surface area contributed by atoms with Crippen LogP contribution in [0.2, 0.25) is 0 Å². The predicted molar refractivity (Wildman–Crippen MR) is 97.8 cm³/mol. The van der Waals surface area contributed by atoms with Gasteiger partial charge in [0.05, 0.1) is 0 Å². The van der Waals surface area contributed by atoms with Crippen molar-refractivity contribution in [2.75, 3.05) is 6.54 Å². The molecule has 130 valence electrons. The Kier molecular flexibility index (Phi) is 5.17. The molecule has 2 amide bonds. The zero-order valence-electron chi connectivity index (χ0n) is 14.5. The van der Waals surface area contributed by atoms with Gasteiger partial charge >= 0.3 is 0 Å². The number of likely N-dealkylation sites (tertiary alicyclic amines) is 1. The molecule has 0 radical (unpaired) electrons. The van der Waals surface area contributed by atoms with Crippen LogP contribution in [0.15, 0.2) is 60.7 Å². The largest absolute Gasteiger partial charge is 0.368 e. The molecule has 0 saturated carbocycles. The number of nitrogens with zero attached hydrogens (tertiary/aromatic N) is 1. The topological polar surface area (TPSA) is 63.4 Å². The van der Waals surface area contributed by atoms with Crippen LogP contribution in [-0.2, 0) is 16.0 Å². The van der Waals surface area contributed by atoms with E-state index in [1.807, 2.05) is 67.6 Å². The van der Waals surface area contributed by atoms with Crippen molar-refractivity contribution >= 4 is 11.8 Å². The lowest BCUT2D eigenvalue weighted by Gasteiger charge is -2.28. The molecule has 0 spiro atoms. The van der Waals surface area contributed by atoms with Crippen molar-refractivity contribution in [1.29, 1.82) is 0 Å². The molecule has 3 atom stereocenters. The first-order chi connectivity index (χ1) is 12.1. The lowest BCUT2D eigenvalue weighted by molar-refractivity contribution is -0.140. The van der Waals surface area contributed by atoms with Crippen LogP contribution in [-0.4, -0.2) is 29.3 Å². The molecule has 0 bridgehead atoms. The van der Waals surface area contributed by atoms with E-state index >= 15 is 0 Å². The Morgan fingerprint density at radius 1 is 1.08 bits per heavy atom. The number of hydrogen-bond acceptors (Lipinski definition) is 2. The highest BCUT2D eigenvalue weighted by atomic mass is 16.2. The van der Waals surface area contributed by atoms with Crippen LogP contribution >= 0.6 is 0 Å². The Balaban J connectivity index is 1.76. The van der Waals surface area contributed by atoms with Crippen molar-refractivity contribution in [3.05, 3.63) is 71.8 Å². The molecule has 3 unspecified atom stereocenters. The van der Waals surface area contributed by atoms with Crippen LogP contribution < -0.4 is 5.73 Å². The summed E-state index contributed by atoms with van der Waals surface area (Å²) in [5, 5.41) is 0. The van der Waals surface area contributed by atoms with E-state index in [0.29, 0.717) is 13.0 Å². The standard InChI is InChI=1S/C21H24N2O2/c1-15(14-16-8-4-2-5-9-16)21(25)23-13-12-18(19(23)20(22)24)17-10-6-3-7-11-17/h2-11,15,18-19H,12-14H2,1H3,(H2,22,24). The number of benzene rings is 2. The summed E-state index contributed by atoms with van der Waals surface area (Å²) in [5.74, 6) is -0.622. The molecule has 3 rings (SSSR count). The lowest BCUT2D eigenvalue weighted by Crippen LogP contribution is -2.47. The Bertz CT molecular complexity index is 730. The molecule has 1 aliphatic heterocycles. The fourth-order valence-corrected chi connectivity index (χ4v) is 3.78. The Morgan fingerprint density at radius 3 is 2.28 bits per heavy atom. The highest BCUT2D eigenvalue weighted by molar-refractivity contribution is 5.89. The van der Waals surface area contributed by atoms with Gasteiger partial charge in [0.1, 0.15) is 6.04 Å². The Hall–Kier alpha value is -2.62. The van der Waals surface area contributed by atoms with E-state index in [1.165, 1.54) is 0 Å². The zero-order valence-corrected chi connectivity index (χ0v) is 14.5. The molecule has 0 aromatic heterocycles. The maximum Gasteiger partial charge on any atom is 0.240 e. The van der Waals surface area contributed by atoms with Gasteiger partial charge in [-0.15, -0.1) is 0 Å². The van der Waals surface area contributed by atoms with Crippen LogP contribution in [0.5, 0.6) is 0 Å². The third-order valence-corrected chi connectivity index (χ3v) is 5.01. The maximum absolute atomic E-state index is 13.0. The van der Waals surface area contributed by atoms with Crippen molar-refractivity contribution < 1.29 is 9.59 Å². The smallest absolute Gasteiger partial charge is 0.240 e. The van der Waals surface area contributed by atoms with Crippen LogP contribution in [0.25, 0.3) is 0 Å². The number of carbonyl (C=O) groups is 2. The minimum atomic E-state index is -0.562. The molecule has 1 heterocycles. The summed E-state index contributed by atoms with van der Waals surface area (Å²) < 4.78 is 0. The number of primary amides is 1. The molecule has 1 fully saturated rings. The van der Waals surface area contributed by atoms with Gasteiger partial charge in [0.15, 0.2) is 0 Å². The minimum Gasteiger partial charge on any atom is -0.368 e. The summed E-state index contributed by atoms with van der Waals surface area (Å²) in [4.78, 5) is 26.8. The second-order valence-electron chi connectivity index (χ2n) is 6.78. The third kappa shape index (κ3) is 3.73. The Labute approximate surface area is 148 Å². The summed E-state index contributed by atoms with van der Waals surface area (Å²) in [7, 11) is 0. The Morgan fingerprint density at radius 2 is 1.68 bits per heavy atom. The minimum absolute atomic E-state index is 0.00563.